The van der Waals surface area contributed by atoms with Crippen molar-refractivity contribution in [3.8, 4) is 5.69 Å². The summed E-state index contributed by atoms with van der Waals surface area (Å²) < 4.78 is 1.74. The third-order valence-corrected chi connectivity index (χ3v) is 5.52. The van der Waals surface area contributed by atoms with Crippen molar-refractivity contribution < 1.29 is 9.90 Å². The molecule has 1 heterocycles. The Labute approximate surface area is 176 Å². The van der Waals surface area contributed by atoms with Crippen molar-refractivity contribution in [1.29, 1.82) is 0 Å². The van der Waals surface area contributed by atoms with E-state index in [1.54, 1.807) is 4.68 Å². The van der Waals surface area contributed by atoms with E-state index in [1.807, 2.05) is 42.5 Å². The van der Waals surface area contributed by atoms with Gasteiger partial charge in [-0.15, -0.1) is 0 Å². The molecule has 0 saturated heterocycles. The lowest BCUT2D eigenvalue weighted by atomic mass is 9.92. The van der Waals surface area contributed by atoms with Crippen molar-refractivity contribution in [1.82, 2.24) is 15.1 Å². The number of aromatic nitrogens is 2. The molecular weight excluding hydrogens is 376 g/mol. The van der Waals surface area contributed by atoms with Crippen molar-refractivity contribution >= 4 is 11.8 Å². The molecule has 0 radical (unpaired) electrons. The Morgan fingerprint density at radius 3 is 2.60 bits per heavy atom. The number of hydrogen-bond acceptors (Lipinski definition) is 3. The smallest absolute Gasteiger partial charge is 0.320 e. The summed E-state index contributed by atoms with van der Waals surface area (Å²) in [7, 11) is 0. The summed E-state index contributed by atoms with van der Waals surface area (Å²) in [5, 5.41) is 20.1. The average Bonchev–Trinajstić information content (AvgIpc) is 3.33. The molecule has 0 aliphatic heterocycles. The van der Waals surface area contributed by atoms with Crippen LogP contribution in [0.15, 0.2) is 54.6 Å². The molecule has 6 heteroatoms. The molecule has 3 N–H and O–H groups in total. The van der Waals surface area contributed by atoms with Gasteiger partial charge in [-0.1, -0.05) is 57.2 Å². The number of aliphatic hydroxyl groups excluding tert-OH is 1. The maximum absolute atomic E-state index is 12.8. The fourth-order valence-electron chi connectivity index (χ4n) is 3.79. The summed E-state index contributed by atoms with van der Waals surface area (Å²) in [6.45, 7) is 6.26. The van der Waals surface area contributed by atoms with Crippen LogP contribution in [0.1, 0.15) is 55.6 Å². The molecule has 3 aromatic rings. The molecule has 30 heavy (non-hydrogen) atoms. The Morgan fingerprint density at radius 2 is 1.90 bits per heavy atom. The Balaban J connectivity index is 1.58. The number of benzene rings is 2. The van der Waals surface area contributed by atoms with Gasteiger partial charge in [-0.05, 0) is 41.7 Å². The lowest BCUT2D eigenvalue weighted by molar-refractivity contribution is 0.248. The highest BCUT2D eigenvalue weighted by Gasteiger charge is 2.25. The molecule has 2 aromatic carbocycles. The van der Waals surface area contributed by atoms with Crippen LogP contribution in [-0.4, -0.2) is 20.9 Å². The summed E-state index contributed by atoms with van der Waals surface area (Å²) in [6.07, 6.45) is 1.88. The molecule has 2 amide bonds. The van der Waals surface area contributed by atoms with Crippen molar-refractivity contribution in [2.45, 2.75) is 51.7 Å². The van der Waals surface area contributed by atoms with Gasteiger partial charge < -0.3 is 10.4 Å². The Bertz CT molecular complexity index is 1050. The van der Waals surface area contributed by atoms with Crippen LogP contribution >= 0.6 is 0 Å². The summed E-state index contributed by atoms with van der Waals surface area (Å²) >= 11 is 0. The van der Waals surface area contributed by atoms with Crippen LogP contribution in [0.4, 0.5) is 10.6 Å². The van der Waals surface area contributed by atoms with Crippen LogP contribution in [0.25, 0.3) is 5.69 Å². The number of carbonyl (C=O) groups excluding carboxylic acids is 1. The second kappa shape index (κ2) is 7.95. The van der Waals surface area contributed by atoms with Gasteiger partial charge in [0.25, 0.3) is 0 Å². The van der Waals surface area contributed by atoms with Gasteiger partial charge in [0.2, 0.25) is 0 Å². The SMILES string of the molecule is CC(C)(C)c1cc(NC(=O)NC2CCc3ccccc32)n(-c2ccc(CO)cc2)n1. The topological polar surface area (TPSA) is 79.2 Å². The Morgan fingerprint density at radius 1 is 1.17 bits per heavy atom. The highest BCUT2D eigenvalue weighted by Crippen LogP contribution is 2.31. The first-order chi connectivity index (χ1) is 14.3. The van der Waals surface area contributed by atoms with Crippen LogP contribution in [0.5, 0.6) is 0 Å². The lowest BCUT2D eigenvalue weighted by Gasteiger charge is -2.15. The minimum Gasteiger partial charge on any atom is -0.392 e. The first kappa shape index (κ1) is 20.2. The summed E-state index contributed by atoms with van der Waals surface area (Å²) in [4.78, 5) is 12.8. The molecule has 156 valence electrons. The lowest BCUT2D eigenvalue weighted by Crippen LogP contribution is -2.32. The van der Waals surface area contributed by atoms with Gasteiger partial charge in [-0.2, -0.15) is 5.10 Å². The van der Waals surface area contributed by atoms with Gasteiger partial charge in [-0.25, -0.2) is 9.48 Å². The molecule has 1 aromatic heterocycles. The number of carbonyl (C=O) groups is 1. The van der Waals surface area contributed by atoms with E-state index in [0.29, 0.717) is 5.82 Å². The van der Waals surface area contributed by atoms with E-state index in [1.165, 1.54) is 11.1 Å². The normalized spacial score (nSPS) is 15.7. The van der Waals surface area contributed by atoms with Crippen LogP contribution in [-0.2, 0) is 18.4 Å². The second-order valence-corrected chi connectivity index (χ2v) is 8.79. The number of urea groups is 1. The molecule has 0 spiro atoms. The third-order valence-electron chi connectivity index (χ3n) is 5.52. The second-order valence-electron chi connectivity index (χ2n) is 8.79. The Kier molecular flexibility index (Phi) is 5.35. The predicted molar refractivity (Wildman–Crippen MR) is 118 cm³/mol. The number of hydrogen-bond donors (Lipinski definition) is 3. The van der Waals surface area contributed by atoms with Crippen molar-refractivity contribution in [3.05, 3.63) is 77.0 Å². The van der Waals surface area contributed by atoms with E-state index < -0.39 is 0 Å². The van der Waals surface area contributed by atoms with E-state index >= 15 is 0 Å². The summed E-state index contributed by atoms with van der Waals surface area (Å²) in [6, 6.07) is 17.4. The van der Waals surface area contributed by atoms with Gasteiger partial charge in [0.15, 0.2) is 0 Å². The number of nitrogens with one attached hydrogen (secondary N) is 2. The van der Waals surface area contributed by atoms with E-state index in [9.17, 15) is 9.90 Å². The first-order valence-corrected chi connectivity index (χ1v) is 10.3. The van der Waals surface area contributed by atoms with Crippen LogP contribution in [0, 0.1) is 0 Å². The molecular formula is C24H28N4O2. The van der Waals surface area contributed by atoms with E-state index in [0.717, 1.165) is 29.8 Å². The average molecular weight is 405 g/mol. The maximum Gasteiger partial charge on any atom is 0.320 e. The highest BCUT2D eigenvalue weighted by atomic mass is 16.3. The largest absolute Gasteiger partial charge is 0.392 e. The molecule has 0 bridgehead atoms. The number of aliphatic hydroxyl groups is 1. The number of nitrogens with zero attached hydrogens (tertiary/aromatic N) is 2. The highest BCUT2D eigenvalue weighted by molar-refractivity contribution is 5.89. The van der Waals surface area contributed by atoms with Crippen molar-refractivity contribution in [2.24, 2.45) is 0 Å². The molecule has 1 aliphatic carbocycles. The van der Waals surface area contributed by atoms with Gasteiger partial charge in [0.05, 0.1) is 24.0 Å². The number of anilines is 1. The zero-order valence-electron chi connectivity index (χ0n) is 17.6. The summed E-state index contributed by atoms with van der Waals surface area (Å²) in [5.74, 6) is 0.612. The predicted octanol–water partition coefficient (Wildman–Crippen LogP) is 4.47. The van der Waals surface area contributed by atoms with Crippen LogP contribution in [0.2, 0.25) is 0 Å². The minimum atomic E-state index is -0.245. The third kappa shape index (κ3) is 4.09. The first-order valence-electron chi connectivity index (χ1n) is 10.3. The standard InChI is InChI=1S/C24H28N4O2/c1-24(2,3)21-14-22(28(27-21)18-11-8-16(15-29)9-12-18)26-23(30)25-20-13-10-17-6-4-5-7-19(17)20/h4-9,11-12,14,20,29H,10,13,15H2,1-3H3,(H2,25,26,30). The molecule has 1 atom stereocenters. The van der Waals surface area contributed by atoms with Gasteiger partial charge >= 0.3 is 6.03 Å². The summed E-state index contributed by atoms with van der Waals surface area (Å²) in [5.41, 5.74) is 4.87. The van der Waals surface area contributed by atoms with Crippen LogP contribution < -0.4 is 10.6 Å². The monoisotopic (exact) mass is 404 g/mol. The van der Waals surface area contributed by atoms with Crippen molar-refractivity contribution in [2.75, 3.05) is 5.32 Å². The quantitative estimate of drug-likeness (QED) is 0.600. The van der Waals surface area contributed by atoms with E-state index in [-0.39, 0.29) is 24.1 Å². The van der Waals surface area contributed by atoms with Crippen LogP contribution in [0.3, 0.4) is 0 Å². The number of aryl methyl sites for hydroxylation is 1. The Hall–Kier alpha value is -3.12. The maximum atomic E-state index is 12.8. The van der Waals surface area contributed by atoms with Gasteiger partial charge in [0.1, 0.15) is 5.82 Å². The van der Waals surface area contributed by atoms with E-state index in [4.69, 9.17) is 5.10 Å². The molecule has 0 fully saturated rings. The minimum absolute atomic E-state index is 0.0109. The van der Waals surface area contributed by atoms with E-state index in [2.05, 4.69) is 43.5 Å². The fraction of sp³-hybridized carbons (Fsp3) is 0.333. The van der Waals surface area contributed by atoms with Gasteiger partial charge in [-0.3, -0.25) is 5.32 Å². The van der Waals surface area contributed by atoms with Crippen molar-refractivity contribution in [3.63, 3.8) is 0 Å². The molecule has 4 rings (SSSR count). The van der Waals surface area contributed by atoms with Gasteiger partial charge in [0, 0.05) is 11.5 Å². The zero-order chi connectivity index (χ0) is 21.3. The molecule has 0 saturated carbocycles. The molecule has 1 unspecified atom stereocenters. The number of fused-ring (bicyclic) bond motifs is 1. The fourth-order valence-corrected chi connectivity index (χ4v) is 3.79. The number of amides is 2. The number of rotatable bonds is 4. The molecule has 6 nitrogen and oxygen atoms in total. The molecule has 1 aliphatic rings. The zero-order valence-corrected chi connectivity index (χ0v) is 17.6.